The maximum Gasteiger partial charge on any atom is 0.357 e. The normalized spacial score (nSPS) is 11.5. The topological polar surface area (TPSA) is 189 Å². The number of aromatic nitrogens is 2. The lowest BCUT2D eigenvalue weighted by atomic mass is 10.0. The van der Waals surface area contributed by atoms with Crippen molar-refractivity contribution in [2.75, 3.05) is 0 Å². The van der Waals surface area contributed by atoms with Crippen LogP contribution in [0.5, 0.6) is 11.5 Å². The first-order valence-corrected chi connectivity index (χ1v) is 21.6. The lowest BCUT2D eigenvalue weighted by Gasteiger charge is -2.27. The average molecular weight is 890 g/mol. The van der Waals surface area contributed by atoms with Crippen LogP contribution in [0.15, 0.2) is 97.1 Å². The van der Waals surface area contributed by atoms with E-state index in [1.807, 2.05) is 19.1 Å². The zero-order valence-electron chi connectivity index (χ0n) is 36.1. The highest BCUT2D eigenvalue weighted by Gasteiger charge is 2.40. The Morgan fingerprint density at radius 1 is 0.635 bits per heavy atom. The summed E-state index contributed by atoms with van der Waals surface area (Å²) in [6.07, 6.45) is 0. The van der Waals surface area contributed by atoms with Gasteiger partial charge in [0.25, 0.3) is 17.5 Å². The largest absolute Gasteiger partial charge is 0.476 e. The highest BCUT2D eigenvalue weighted by molar-refractivity contribution is 7.17. The third-order valence-electron chi connectivity index (χ3n) is 9.82. The Labute approximate surface area is 372 Å². The fourth-order valence-electron chi connectivity index (χ4n) is 6.08. The number of carbonyl (C=O) groups excluding carboxylic acids is 4. The molecule has 2 heterocycles. The summed E-state index contributed by atoms with van der Waals surface area (Å²) in [7, 11) is 0. The summed E-state index contributed by atoms with van der Waals surface area (Å²) in [6.45, 7) is 14.2. The first-order valence-electron chi connectivity index (χ1n) is 20.0. The molecule has 6 rings (SSSR count). The van der Waals surface area contributed by atoms with Crippen LogP contribution in [-0.2, 0) is 27.4 Å². The Morgan fingerprint density at radius 2 is 1.02 bits per heavy atom. The van der Waals surface area contributed by atoms with Gasteiger partial charge in [-0.1, -0.05) is 62.4 Å². The number of aryl methyl sites for hydroxylation is 2. The van der Waals surface area contributed by atoms with E-state index < -0.39 is 28.1 Å². The van der Waals surface area contributed by atoms with Crippen LogP contribution in [0.2, 0.25) is 0 Å². The van der Waals surface area contributed by atoms with Crippen LogP contribution in [0.3, 0.4) is 0 Å². The van der Waals surface area contributed by atoms with Gasteiger partial charge in [0.15, 0.2) is 0 Å². The van der Waals surface area contributed by atoms with Gasteiger partial charge in [-0.05, 0) is 101 Å². The molecule has 2 aromatic heterocycles. The molecule has 0 unspecified atom stereocenters. The molecule has 0 fully saturated rings. The fourth-order valence-corrected chi connectivity index (χ4v) is 8.05. The minimum absolute atomic E-state index is 0.0344. The number of rotatable bonds is 16. The number of carbonyl (C=O) groups is 4. The standard InChI is InChI=1S/C47H47N5O9S2/c1-27(2)32-13-15-33(16-14-32)42-50-28(3)38(62-42)40(53)48-25-30-9-21-36(22-10-30)60-46(5,6)44(55)59-45(56)47(7,8)61-37-23-11-31(12-24-37)26-49-41(54)39-29(4)51-43(63-39)34-17-19-35(20-18-34)52(57)58/h9-24,27H,25-26H2,1-8H3,(H,48,53)(H,49,54). The Bertz CT molecular complexity index is 2630. The Balaban J connectivity index is 0.957. The number of non-ortho nitro benzene ring substituents is 1. The van der Waals surface area contributed by atoms with Crippen LogP contribution >= 0.6 is 22.7 Å². The molecular weight excluding hydrogens is 843 g/mol. The summed E-state index contributed by atoms with van der Waals surface area (Å²) in [5, 5.41) is 18.2. The van der Waals surface area contributed by atoms with E-state index in [2.05, 4.69) is 46.6 Å². The van der Waals surface area contributed by atoms with Crippen LogP contribution in [-0.4, -0.2) is 49.8 Å². The van der Waals surface area contributed by atoms with Crippen LogP contribution in [0.25, 0.3) is 21.1 Å². The molecule has 0 aliphatic heterocycles. The van der Waals surface area contributed by atoms with Gasteiger partial charge in [0.1, 0.15) is 31.3 Å². The van der Waals surface area contributed by atoms with Gasteiger partial charge >= 0.3 is 11.9 Å². The van der Waals surface area contributed by atoms with Crippen molar-refractivity contribution in [3.8, 4) is 32.6 Å². The van der Waals surface area contributed by atoms with Gasteiger partial charge in [-0.3, -0.25) is 19.7 Å². The third kappa shape index (κ3) is 11.4. The monoisotopic (exact) mass is 889 g/mol. The maximum atomic E-state index is 13.2. The number of nitro benzene ring substituents is 1. The molecule has 63 heavy (non-hydrogen) atoms. The van der Waals surface area contributed by atoms with Crippen molar-refractivity contribution >= 4 is 52.1 Å². The molecule has 0 radical (unpaired) electrons. The quantitative estimate of drug-likeness (QED) is 0.0408. The first-order chi connectivity index (χ1) is 29.8. The smallest absolute Gasteiger partial charge is 0.357 e. The van der Waals surface area contributed by atoms with Crippen molar-refractivity contribution in [1.82, 2.24) is 20.6 Å². The molecule has 326 valence electrons. The number of benzene rings is 4. The van der Waals surface area contributed by atoms with Crippen LogP contribution in [0.4, 0.5) is 5.69 Å². The Kier molecular flexibility index (Phi) is 13.9. The molecular formula is C47H47N5O9S2. The summed E-state index contributed by atoms with van der Waals surface area (Å²) in [5.74, 6) is -1.28. The molecule has 0 bridgehead atoms. The van der Waals surface area contributed by atoms with Gasteiger partial charge in [0.2, 0.25) is 11.2 Å². The zero-order chi connectivity index (χ0) is 45.6. The fraction of sp³-hybridized carbons (Fsp3) is 0.277. The van der Waals surface area contributed by atoms with Crippen LogP contribution in [0, 0.1) is 24.0 Å². The summed E-state index contributed by atoms with van der Waals surface area (Å²) in [4.78, 5) is 73.1. The second kappa shape index (κ2) is 19.1. The van der Waals surface area contributed by atoms with Crippen molar-refractivity contribution in [1.29, 1.82) is 0 Å². The Hall–Kier alpha value is -6.78. The van der Waals surface area contributed by atoms with Gasteiger partial charge in [-0.2, -0.15) is 0 Å². The summed E-state index contributed by atoms with van der Waals surface area (Å²) in [5.41, 5.74) is 2.47. The van der Waals surface area contributed by atoms with Gasteiger partial charge < -0.3 is 24.8 Å². The van der Waals surface area contributed by atoms with E-state index in [0.717, 1.165) is 21.7 Å². The molecule has 2 N–H and O–H groups in total. The average Bonchev–Trinajstić information content (AvgIpc) is 3.85. The molecule has 0 saturated carbocycles. The second-order valence-electron chi connectivity index (χ2n) is 16.0. The van der Waals surface area contributed by atoms with Gasteiger partial charge in [0.05, 0.1) is 16.3 Å². The summed E-state index contributed by atoms with van der Waals surface area (Å²) < 4.78 is 17.1. The predicted molar refractivity (Wildman–Crippen MR) is 241 cm³/mol. The van der Waals surface area contributed by atoms with Crippen molar-refractivity contribution < 1.29 is 38.3 Å². The minimum atomic E-state index is -1.56. The third-order valence-corrected chi connectivity index (χ3v) is 12.2. The molecule has 0 aliphatic carbocycles. The van der Waals surface area contributed by atoms with Crippen molar-refractivity contribution in [3.05, 3.63) is 145 Å². The van der Waals surface area contributed by atoms with E-state index in [9.17, 15) is 29.3 Å². The van der Waals surface area contributed by atoms with Crippen molar-refractivity contribution in [3.63, 3.8) is 0 Å². The molecule has 6 aromatic rings. The number of nitrogens with one attached hydrogen (secondary N) is 2. The number of thiazole rings is 2. The van der Waals surface area contributed by atoms with E-state index in [0.29, 0.717) is 49.1 Å². The highest BCUT2D eigenvalue weighted by Crippen LogP contribution is 2.31. The number of nitrogens with zero attached hydrogens (tertiary/aromatic N) is 3. The number of hydrogen-bond donors (Lipinski definition) is 2. The molecule has 4 aromatic carbocycles. The molecule has 0 saturated heterocycles. The number of ether oxygens (including phenoxy) is 3. The molecule has 0 spiro atoms. The van der Waals surface area contributed by atoms with E-state index in [1.165, 1.54) is 68.1 Å². The van der Waals surface area contributed by atoms with E-state index in [1.54, 1.807) is 67.6 Å². The molecule has 0 aliphatic rings. The number of esters is 2. The SMILES string of the molecule is Cc1nc(-c2ccc(C(C)C)cc2)sc1C(=O)NCc1ccc(OC(C)(C)C(=O)OC(=O)C(C)(C)Oc2ccc(CNC(=O)c3sc(-c4ccc([N+](=O)[O-])cc4)nc3C)cc2)cc1. The van der Waals surface area contributed by atoms with Crippen molar-refractivity contribution in [2.45, 2.75) is 85.6 Å². The van der Waals surface area contributed by atoms with Crippen LogP contribution < -0.4 is 20.1 Å². The molecule has 14 nitrogen and oxygen atoms in total. The lowest BCUT2D eigenvalue weighted by Crippen LogP contribution is -2.46. The van der Waals surface area contributed by atoms with Gasteiger partial charge in [-0.15, -0.1) is 22.7 Å². The second-order valence-corrected chi connectivity index (χ2v) is 18.0. The van der Waals surface area contributed by atoms with Gasteiger partial charge in [-0.25, -0.2) is 19.6 Å². The van der Waals surface area contributed by atoms with E-state index >= 15 is 0 Å². The highest BCUT2D eigenvalue weighted by atomic mass is 32.1. The summed E-state index contributed by atoms with van der Waals surface area (Å²) >= 11 is 2.54. The van der Waals surface area contributed by atoms with E-state index in [-0.39, 0.29) is 30.6 Å². The zero-order valence-corrected chi connectivity index (χ0v) is 37.7. The Morgan fingerprint density at radius 3 is 1.38 bits per heavy atom. The lowest BCUT2D eigenvalue weighted by molar-refractivity contribution is -0.384. The van der Waals surface area contributed by atoms with Crippen molar-refractivity contribution in [2.24, 2.45) is 0 Å². The first kappa shape index (κ1) is 45.7. The number of amides is 2. The molecule has 0 atom stereocenters. The number of hydrogen-bond acceptors (Lipinski definition) is 13. The van der Waals surface area contributed by atoms with E-state index in [4.69, 9.17) is 14.2 Å². The maximum absolute atomic E-state index is 13.2. The molecule has 2 amide bonds. The molecule has 16 heteroatoms. The minimum Gasteiger partial charge on any atom is -0.476 e. The number of nitro groups is 1. The van der Waals surface area contributed by atoms with Gasteiger partial charge in [0, 0.05) is 36.3 Å². The predicted octanol–water partition coefficient (Wildman–Crippen LogP) is 9.53. The van der Waals surface area contributed by atoms with Crippen LogP contribution in [0.1, 0.15) is 94.9 Å². The summed E-state index contributed by atoms with van der Waals surface area (Å²) in [6, 6.07) is 27.8.